The van der Waals surface area contributed by atoms with Crippen LogP contribution < -0.4 is 0 Å². The molecule has 0 radical (unpaired) electrons. The first kappa shape index (κ1) is 20.2. The van der Waals surface area contributed by atoms with Crippen LogP contribution in [0.1, 0.15) is 21.6 Å². The first-order chi connectivity index (χ1) is 15.3. The summed E-state index contributed by atoms with van der Waals surface area (Å²) in [4.78, 5) is 18.8. The third-order valence-electron chi connectivity index (χ3n) is 5.73. The van der Waals surface area contributed by atoms with E-state index in [1.54, 1.807) is 18.0 Å². The van der Waals surface area contributed by atoms with E-state index in [1.165, 1.54) is 29.2 Å². The molecule has 1 aliphatic rings. The number of fused-ring (bicyclic) bond motifs is 2. The van der Waals surface area contributed by atoms with Crippen LogP contribution in [0.2, 0.25) is 0 Å². The smallest absolute Gasteiger partial charge is 0.256 e. The molecule has 3 heterocycles. The fourth-order valence-electron chi connectivity index (χ4n) is 4.25. The maximum Gasteiger partial charge on any atom is 0.256 e. The van der Waals surface area contributed by atoms with Crippen molar-refractivity contribution < 1.29 is 22.4 Å². The van der Waals surface area contributed by atoms with Gasteiger partial charge in [0.1, 0.15) is 5.82 Å². The molecule has 1 amide bonds. The average molecular weight is 440 g/mol. The monoisotopic (exact) mass is 440 g/mol. The van der Waals surface area contributed by atoms with E-state index in [-0.39, 0.29) is 29.0 Å². The van der Waals surface area contributed by atoms with Crippen molar-refractivity contribution in [2.45, 2.75) is 13.0 Å². The van der Waals surface area contributed by atoms with Gasteiger partial charge in [0.15, 0.2) is 17.5 Å². The number of aryl methyl sites for hydroxylation is 1. The van der Waals surface area contributed by atoms with Crippen LogP contribution in [-0.4, -0.2) is 32.1 Å². The van der Waals surface area contributed by atoms with Crippen LogP contribution >= 0.6 is 0 Å². The number of nitrogens with zero attached hydrogens (tertiary/aromatic N) is 4. The van der Waals surface area contributed by atoms with Gasteiger partial charge >= 0.3 is 0 Å². The normalized spacial score (nSPS) is 13.5. The van der Waals surface area contributed by atoms with Crippen LogP contribution in [0, 0.1) is 23.3 Å². The van der Waals surface area contributed by atoms with Gasteiger partial charge in [-0.3, -0.25) is 14.5 Å². The second-order valence-corrected chi connectivity index (χ2v) is 7.65. The maximum absolute atomic E-state index is 14.1. The van der Waals surface area contributed by atoms with E-state index in [2.05, 4.69) is 10.1 Å². The molecular weight excluding hydrogens is 424 g/mol. The third-order valence-corrected chi connectivity index (χ3v) is 5.73. The van der Waals surface area contributed by atoms with Gasteiger partial charge in [-0.25, -0.2) is 17.6 Å². The van der Waals surface area contributed by atoms with Crippen molar-refractivity contribution in [3.63, 3.8) is 0 Å². The zero-order valence-corrected chi connectivity index (χ0v) is 16.9. The summed E-state index contributed by atoms with van der Waals surface area (Å²) >= 11 is 0. The minimum Gasteiger partial charge on any atom is -0.332 e. The van der Waals surface area contributed by atoms with Crippen LogP contribution in [0.25, 0.3) is 22.0 Å². The lowest BCUT2D eigenvalue weighted by atomic mass is 9.98. The molecule has 0 N–H and O–H groups in total. The van der Waals surface area contributed by atoms with E-state index in [0.717, 1.165) is 17.7 Å². The number of hydrogen-bond acceptors (Lipinski definition) is 3. The Labute approximate surface area is 179 Å². The van der Waals surface area contributed by atoms with E-state index in [4.69, 9.17) is 0 Å². The average Bonchev–Trinajstić information content (AvgIpc) is 3.11. The highest BCUT2D eigenvalue weighted by molar-refractivity contribution is 6.06. The Hall–Kier alpha value is -3.75. The summed E-state index contributed by atoms with van der Waals surface area (Å²) in [5, 5.41) is 5.15. The van der Waals surface area contributed by atoms with Crippen molar-refractivity contribution >= 4 is 16.7 Å². The van der Waals surface area contributed by atoms with Crippen molar-refractivity contribution in [3.8, 4) is 11.3 Å². The number of amides is 1. The summed E-state index contributed by atoms with van der Waals surface area (Å²) in [5.41, 5.74) is 2.24. The largest absolute Gasteiger partial charge is 0.332 e. The molecule has 0 unspecified atom stereocenters. The standard InChI is InChI=1S/C23H16F4N4O/c1-30-22(12-7-18(25)21(27)19(26)8-12)14-5-6-31(11-20(14)29-30)23(32)16-10-28-9-15-13(16)3-2-4-17(15)24/h2-4,7-10H,5-6,11H2,1H3. The van der Waals surface area contributed by atoms with E-state index in [0.29, 0.717) is 29.7 Å². The van der Waals surface area contributed by atoms with Crippen LogP contribution in [0.3, 0.4) is 0 Å². The topological polar surface area (TPSA) is 51.0 Å². The molecule has 32 heavy (non-hydrogen) atoms. The molecule has 5 nitrogen and oxygen atoms in total. The number of carbonyl (C=O) groups excluding carboxylic acids is 1. The van der Waals surface area contributed by atoms with Crippen molar-refractivity contribution in [2.75, 3.05) is 6.54 Å². The molecule has 9 heteroatoms. The zero-order chi connectivity index (χ0) is 22.6. The molecule has 0 saturated carbocycles. The van der Waals surface area contributed by atoms with Crippen molar-refractivity contribution in [3.05, 3.63) is 82.8 Å². The molecule has 162 valence electrons. The van der Waals surface area contributed by atoms with Gasteiger partial charge in [-0.05, 0) is 24.6 Å². The van der Waals surface area contributed by atoms with Crippen molar-refractivity contribution in [1.82, 2.24) is 19.7 Å². The lowest BCUT2D eigenvalue weighted by Gasteiger charge is -2.27. The lowest BCUT2D eigenvalue weighted by Crippen LogP contribution is -2.36. The molecule has 5 rings (SSSR count). The lowest BCUT2D eigenvalue weighted by molar-refractivity contribution is 0.0734. The van der Waals surface area contributed by atoms with Crippen LogP contribution in [-0.2, 0) is 20.0 Å². The van der Waals surface area contributed by atoms with Gasteiger partial charge in [0, 0.05) is 47.9 Å². The van der Waals surface area contributed by atoms with Crippen LogP contribution in [0.15, 0.2) is 42.7 Å². The molecule has 0 fully saturated rings. The highest BCUT2D eigenvalue weighted by Gasteiger charge is 2.29. The minimum atomic E-state index is -1.53. The van der Waals surface area contributed by atoms with E-state index in [1.807, 2.05) is 0 Å². The predicted octanol–water partition coefficient (Wildman–Crippen LogP) is 4.39. The van der Waals surface area contributed by atoms with E-state index < -0.39 is 23.3 Å². The highest BCUT2D eigenvalue weighted by atomic mass is 19.2. The second kappa shape index (κ2) is 7.44. The molecule has 2 aromatic carbocycles. The first-order valence-corrected chi connectivity index (χ1v) is 9.86. The Balaban J connectivity index is 1.50. The Morgan fingerprint density at radius 1 is 1.00 bits per heavy atom. The summed E-state index contributed by atoms with van der Waals surface area (Å²) in [7, 11) is 1.62. The number of aromatic nitrogens is 3. The van der Waals surface area contributed by atoms with Gasteiger partial charge in [0.05, 0.1) is 23.5 Å². The molecule has 2 aromatic heterocycles. The maximum atomic E-state index is 14.1. The van der Waals surface area contributed by atoms with Crippen molar-refractivity contribution in [2.24, 2.45) is 7.05 Å². The molecular formula is C23H16F4N4O. The molecule has 4 aromatic rings. The first-order valence-electron chi connectivity index (χ1n) is 9.86. The highest BCUT2D eigenvalue weighted by Crippen LogP contribution is 2.32. The predicted molar refractivity (Wildman–Crippen MR) is 109 cm³/mol. The number of pyridine rings is 1. The summed E-state index contributed by atoms with van der Waals surface area (Å²) in [5.74, 6) is -4.86. The fourth-order valence-corrected chi connectivity index (χ4v) is 4.25. The summed E-state index contributed by atoms with van der Waals surface area (Å²) < 4.78 is 56.5. The van der Waals surface area contributed by atoms with Gasteiger partial charge in [0.2, 0.25) is 0 Å². The minimum absolute atomic E-state index is 0.167. The van der Waals surface area contributed by atoms with Crippen LogP contribution in [0.4, 0.5) is 17.6 Å². The summed E-state index contributed by atoms with van der Waals surface area (Å²) in [6, 6.07) is 6.38. The van der Waals surface area contributed by atoms with E-state index >= 15 is 0 Å². The SMILES string of the molecule is Cn1nc2c(c1-c1cc(F)c(F)c(F)c1)CCN(C(=O)c1cncc3c(F)cccc13)C2. The second-order valence-electron chi connectivity index (χ2n) is 7.65. The Morgan fingerprint density at radius 3 is 2.50 bits per heavy atom. The fraction of sp³-hybridized carbons (Fsp3) is 0.174. The quantitative estimate of drug-likeness (QED) is 0.343. The summed E-state index contributed by atoms with van der Waals surface area (Å²) in [6.07, 6.45) is 3.17. The van der Waals surface area contributed by atoms with Gasteiger partial charge in [-0.2, -0.15) is 5.10 Å². The zero-order valence-electron chi connectivity index (χ0n) is 16.9. The van der Waals surface area contributed by atoms with Gasteiger partial charge in [0.25, 0.3) is 5.91 Å². The van der Waals surface area contributed by atoms with Crippen LogP contribution in [0.5, 0.6) is 0 Å². The van der Waals surface area contributed by atoms with Gasteiger partial charge < -0.3 is 4.90 Å². The number of hydrogen-bond donors (Lipinski definition) is 0. The van der Waals surface area contributed by atoms with Crippen molar-refractivity contribution in [1.29, 1.82) is 0 Å². The number of benzene rings is 2. The molecule has 1 aliphatic heterocycles. The molecule has 0 atom stereocenters. The molecule has 0 spiro atoms. The number of rotatable bonds is 2. The Morgan fingerprint density at radius 2 is 1.75 bits per heavy atom. The third kappa shape index (κ3) is 3.12. The molecule has 0 saturated heterocycles. The number of halogens is 4. The summed E-state index contributed by atoms with van der Waals surface area (Å²) in [6.45, 7) is 0.488. The Bertz CT molecular complexity index is 1380. The molecule has 0 aliphatic carbocycles. The van der Waals surface area contributed by atoms with E-state index in [9.17, 15) is 22.4 Å². The van der Waals surface area contributed by atoms with Gasteiger partial charge in [-0.15, -0.1) is 0 Å². The van der Waals surface area contributed by atoms with Gasteiger partial charge in [-0.1, -0.05) is 12.1 Å². The molecule has 0 bridgehead atoms. The number of carbonyl (C=O) groups is 1. The Kier molecular flexibility index (Phi) is 4.69.